The van der Waals surface area contributed by atoms with Gasteiger partial charge in [-0.25, -0.2) is 0 Å². The lowest BCUT2D eigenvalue weighted by molar-refractivity contribution is 1.68. The van der Waals surface area contributed by atoms with E-state index in [1.807, 2.05) is 0 Å². The molecule has 0 aromatic heterocycles. The first-order valence-corrected chi connectivity index (χ1v) is 13.3. The summed E-state index contributed by atoms with van der Waals surface area (Å²) in [4.78, 5) is 0. The Balaban J connectivity index is 1.46. The van der Waals surface area contributed by atoms with Crippen molar-refractivity contribution in [2.24, 2.45) is 0 Å². The number of fused-ring (bicyclic) bond motifs is 3. The monoisotopic (exact) mass is 478 g/mol. The van der Waals surface area contributed by atoms with Gasteiger partial charge in [-0.2, -0.15) is 0 Å². The zero-order valence-electron chi connectivity index (χ0n) is 20.7. The van der Waals surface area contributed by atoms with Crippen LogP contribution in [-0.4, -0.2) is 0 Å². The molecule has 0 spiro atoms. The summed E-state index contributed by atoms with van der Waals surface area (Å²) in [7, 11) is 0. The van der Waals surface area contributed by atoms with E-state index >= 15 is 0 Å². The highest BCUT2D eigenvalue weighted by atomic mass is 14.3. The molecule has 0 bridgehead atoms. The van der Waals surface area contributed by atoms with Gasteiger partial charge in [0.1, 0.15) is 0 Å². The Bertz CT molecular complexity index is 2270. The predicted octanol–water partition coefficient (Wildman–Crippen LogP) is 10.8. The normalized spacial score (nSPS) is 12.2. The first-order valence-electron chi connectivity index (χ1n) is 13.3. The molecule has 0 fully saturated rings. The van der Waals surface area contributed by atoms with Crippen LogP contribution in [0.2, 0.25) is 0 Å². The van der Waals surface area contributed by atoms with Gasteiger partial charge in [0, 0.05) is 0 Å². The number of rotatable bonds is 2. The lowest BCUT2D eigenvalue weighted by atomic mass is 9.89. The van der Waals surface area contributed by atoms with Crippen molar-refractivity contribution in [1.82, 2.24) is 0 Å². The Morgan fingerprint density at radius 3 is 1.58 bits per heavy atom. The number of hydrogen-bond acceptors (Lipinski definition) is 0. The van der Waals surface area contributed by atoms with Crippen LogP contribution in [0.3, 0.4) is 0 Å². The van der Waals surface area contributed by atoms with E-state index < -0.39 is 0 Å². The summed E-state index contributed by atoms with van der Waals surface area (Å²) in [6, 6.07) is 49.4. The van der Waals surface area contributed by atoms with Crippen LogP contribution < -0.4 is 0 Å². The number of benzene rings is 8. The molecule has 0 amide bonds. The van der Waals surface area contributed by atoms with E-state index in [1.54, 1.807) is 0 Å². The molecule has 174 valence electrons. The smallest absolute Gasteiger partial charge is 0.000784 e. The van der Waals surface area contributed by atoms with Crippen molar-refractivity contribution in [3.8, 4) is 33.4 Å². The van der Waals surface area contributed by atoms with Crippen molar-refractivity contribution in [2.75, 3.05) is 0 Å². The molecule has 0 unspecified atom stereocenters. The van der Waals surface area contributed by atoms with E-state index in [0.717, 1.165) is 0 Å². The van der Waals surface area contributed by atoms with E-state index in [2.05, 4.69) is 133 Å². The van der Waals surface area contributed by atoms with Gasteiger partial charge in [-0.1, -0.05) is 127 Å². The molecule has 0 atom stereocenters. The fourth-order valence-corrected chi connectivity index (χ4v) is 6.96. The van der Waals surface area contributed by atoms with Crippen LogP contribution in [0, 0.1) is 0 Å². The van der Waals surface area contributed by atoms with Crippen LogP contribution in [0.25, 0.3) is 87.2 Å². The minimum atomic E-state index is 1.28. The molecule has 0 N–H and O–H groups in total. The molecule has 8 aromatic rings. The Hall–Kier alpha value is -4.94. The topological polar surface area (TPSA) is 0 Å². The predicted molar refractivity (Wildman–Crippen MR) is 164 cm³/mol. The molecule has 0 aliphatic heterocycles. The van der Waals surface area contributed by atoms with Crippen molar-refractivity contribution >= 4 is 53.9 Å². The van der Waals surface area contributed by atoms with Crippen molar-refractivity contribution in [1.29, 1.82) is 0 Å². The quantitative estimate of drug-likeness (QED) is 0.217. The molecule has 1 aliphatic carbocycles. The van der Waals surface area contributed by atoms with Gasteiger partial charge in [-0.3, -0.25) is 0 Å². The van der Waals surface area contributed by atoms with Crippen molar-refractivity contribution in [3.63, 3.8) is 0 Å². The molecule has 38 heavy (non-hydrogen) atoms. The van der Waals surface area contributed by atoms with Gasteiger partial charge in [0.2, 0.25) is 0 Å². The molecule has 9 rings (SSSR count). The molecule has 0 saturated heterocycles. The van der Waals surface area contributed by atoms with Crippen LogP contribution >= 0.6 is 0 Å². The van der Waals surface area contributed by atoms with Crippen molar-refractivity contribution < 1.29 is 0 Å². The van der Waals surface area contributed by atoms with Gasteiger partial charge in [0.15, 0.2) is 0 Å². The van der Waals surface area contributed by atoms with Crippen LogP contribution in [-0.2, 0) is 0 Å². The highest BCUT2D eigenvalue weighted by Gasteiger charge is 2.25. The summed E-state index contributed by atoms with van der Waals surface area (Å²) < 4.78 is 0. The summed E-state index contributed by atoms with van der Waals surface area (Å²) in [6.45, 7) is 0. The second kappa shape index (κ2) is 7.31. The van der Waals surface area contributed by atoms with Gasteiger partial charge >= 0.3 is 0 Å². The van der Waals surface area contributed by atoms with Crippen LogP contribution in [0.15, 0.2) is 133 Å². The third kappa shape index (κ3) is 2.54. The van der Waals surface area contributed by atoms with Gasteiger partial charge in [0.25, 0.3) is 0 Å². The lowest BCUT2D eigenvalue weighted by Gasteiger charge is -2.14. The molecule has 0 heteroatoms. The average Bonchev–Trinajstić information content (AvgIpc) is 3.34. The fraction of sp³-hybridized carbons (Fsp3) is 0. The van der Waals surface area contributed by atoms with E-state index in [-0.39, 0.29) is 0 Å². The number of hydrogen-bond donors (Lipinski definition) is 0. The Labute approximate surface area is 220 Å². The summed E-state index contributed by atoms with van der Waals surface area (Å²) in [5.41, 5.74) is 7.96. The molecular weight excluding hydrogens is 456 g/mol. The first kappa shape index (κ1) is 20.2. The highest BCUT2D eigenvalue weighted by Crippen LogP contribution is 2.53. The molecular formula is C38H22. The third-order valence-corrected chi connectivity index (χ3v) is 8.55. The van der Waals surface area contributed by atoms with Gasteiger partial charge in [-0.05, 0) is 93.3 Å². The maximum Gasteiger partial charge on any atom is -0.000784 e. The highest BCUT2D eigenvalue weighted by molar-refractivity contribution is 6.37. The second-order valence-corrected chi connectivity index (χ2v) is 10.5. The third-order valence-electron chi connectivity index (χ3n) is 8.55. The van der Waals surface area contributed by atoms with E-state index in [4.69, 9.17) is 0 Å². The van der Waals surface area contributed by atoms with Crippen molar-refractivity contribution in [2.45, 2.75) is 0 Å². The molecule has 8 aromatic carbocycles. The zero-order chi connectivity index (χ0) is 24.8. The molecule has 0 saturated carbocycles. The van der Waals surface area contributed by atoms with Gasteiger partial charge in [-0.15, -0.1) is 0 Å². The minimum absolute atomic E-state index is 1.28. The second-order valence-electron chi connectivity index (χ2n) is 10.5. The first-order chi connectivity index (χ1) is 18.9. The largest absolute Gasteiger partial charge is 0.0616 e. The lowest BCUT2D eigenvalue weighted by Crippen LogP contribution is -1.87. The SMILES string of the molecule is c1ccc2c(-c3ccc4ccc5c(-c6cccc7ccccc67)cc6cccc7c6c5c4c3-7)cccc2c1. The average molecular weight is 479 g/mol. The summed E-state index contributed by atoms with van der Waals surface area (Å²) in [6.07, 6.45) is 0. The minimum Gasteiger partial charge on any atom is -0.0616 e. The summed E-state index contributed by atoms with van der Waals surface area (Å²) >= 11 is 0. The Morgan fingerprint density at radius 2 is 0.842 bits per heavy atom. The fourth-order valence-electron chi connectivity index (χ4n) is 6.96. The Kier molecular flexibility index (Phi) is 3.88. The van der Waals surface area contributed by atoms with Gasteiger partial charge < -0.3 is 0 Å². The van der Waals surface area contributed by atoms with Crippen molar-refractivity contribution in [3.05, 3.63) is 133 Å². The standard InChI is InChI=1S/C38H22/c1-3-13-27-23(8-1)10-5-15-29(27)31-20-18-25-19-21-32-34(30-16-6-11-24-9-2-4-14-28(24)30)22-26-12-7-17-33-35(26)38(32)36(25)37(31)33/h1-22H. The van der Waals surface area contributed by atoms with Crippen LogP contribution in [0.5, 0.6) is 0 Å². The zero-order valence-corrected chi connectivity index (χ0v) is 20.7. The van der Waals surface area contributed by atoms with Crippen LogP contribution in [0.4, 0.5) is 0 Å². The maximum atomic E-state index is 2.41. The summed E-state index contributed by atoms with van der Waals surface area (Å²) in [5.74, 6) is 0. The molecule has 0 nitrogen and oxygen atoms in total. The molecule has 0 heterocycles. The van der Waals surface area contributed by atoms with E-state index in [1.165, 1.54) is 87.2 Å². The van der Waals surface area contributed by atoms with E-state index in [0.29, 0.717) is 0 Å². The molecule has 0 radical (unpaired) electrons. The van der Waals surface area contributed by atoms with Crippen LogP contribution in [0.1, 0.15) is 0 Å². The molecule has 1 aliphatic rings. The Morgan fingerprint density at radius 1 is 0.263 bits per heavy atom. The maximum absolute atomic E-state index is 2.41. The van der Waals surface area contributed by atoms with E-state index in [9.17, 15) is 0 Å². The van der Waals surface area contributed by atoms with Gasteiger partial charge in [0.05, 0.1) is 0 Å². The summed E-state index contributed by atoms with van der Waals surface area (Å²) in [5, 5.41) is 13.3.